The summed E-state index contributed by atoms with van der Waals surface area (Å²) in [6.07, 6.45) is 0.821. The number of halogens is 2. The molecule has 2 N–H and O–H groups in total. The largest absolute Gasteiger partial charge is 0.496 e. The van der Waals surface area contributed by atoms with E-state index >= 15 is 0 Å². The molecule has 0 saturated heterocycles. The molecule has 2 aromatic carbocycles. The fourth-order valence-corrected chi connectivity index (χ4v) is 2.84. The molecular formula is C17H16Br2N2O3. The molecule has 2 rings (SSSR count). The second-order valence-corrected chi connectivity index (χ2v) is 6.75. The summed E-state index contributed by atoms with van der Waals surface area (Å²) in [5.41, 5.74) is 6.28. The van der Waals surface area contributed by atoms with Gasteiger partial charge in [-0.3, -0.25) is 20.4 Å². The monoisotopic (exact) mass is 454 g/mol. The van der Waals surface area contributed by atoms with Gasteiger partial charge in [-0.2, -0.15) is 0 Å². The van der Waals surface area contributed by atoms with Crippen LogP contribution in [0, 0.1) is 0 Å². The summed E-state index contributed by atoms with van der Waals surface area (Å²) in [5, 5.41) is 0. The van der Waals surface area contributed by atoms with Crippen molar-refractivity contribution in [2.45, 2.75) is 12.8 Å². The van der Waals surface area contributed by atoms with Crippen LogP contribution in [0.2, 0.25) is 0 Å². The van der Waals surface area contributed by atoms with Gasteiger partial charge in [-0.15, -0.1) is 0 Å². The Hall–Kier alpha value is -1.86. The van der Waals surface area contributed by atoms with Gasteiger partial charge in [0.15, 0.2) is 0 Å². The first-order valence-corrected chi connectivity index (χ1v) is 8.75. The number of rotatable bonds is 5. The van der Waals surface area contributed by atoms with Gasteiger partial charge in [0, 0.05) is 16.5 Å². The third-order valence-electron chi connectivity index (χ3n) is 3.28. The lowest BCUT2D eigenvalue weighted by molar-refractivity contribution is -0.121. The molecule has 0 aromatic heterocycles. The molecule has 5 nitrogen and oxygen atoms in total. The number of hydrogen-bond acceptors (Lipinski definition) is 3. The average molecular weight is 456 g/mol. The van der Waals surface area contributed by atoms with Crippen LogP contribution in [-0.2, 0) is 11.2 Å². The molecule has 0 unspecified atom stereocenters. The summed E-state index contributed by atoms with van der Waals surface area (Å²) < 4.78 is 6.89. The summed E-state index contributed by atoms with van der Waals surface area (Å²) in [7, 11) is 1.60. The smallest absolute Gasteiger partial charge is 0.269 e. The highest BCUT2D eigenvalue weighted by Crippen LogP contribution is 2.25. The highest BCUT2D eigenvalue weighted by atomic mass is 79.9. The van der Waals surface area contributed by atoms with Gasteiger partial charge in [-0.1, -0.05) is 22.0 Å². The Kier molecular flexibility index (Phi) is 6.81. The average Bonchev–Trinajstić information content (AvgIpc) is 2.58. The standard InChI is InChI=1S/C17H16Br2N2O3/c1-24-15-8-2-11(10-14(15)19)3-9-16(22)20-21-17(23)12-4-6-13(18)7-5-12/h2,4-8,10H,3,9H2,1H3,(H,20,22)(H,21,23). The number of ether oxygens (including phenoxy) is 1. The van der Waals surface area contributed by atoms with E-state index in [9.17, 15) is 9.59 Å². The van der Waals surface area contributed by atoms with Crippen molar-refractivity contribution in [2.24, 2.45) is 0 Å². The van der Waals surface area contributed by atoms with Crippen LogP contribution in [0.3, 0.4) is 0 Å². The van der Waals surface area contributed by atoms with Gasteiger partial charge in [-0.25, -0.2) is 0 Å². The Morgan fingerprint density at radius 3 is 2.38 bits per heavy atom. The van der Waals surface area contributed by atoms with Gasteiger partial charge in [0.2, 0.25) is 5.91 Å². The van der Waals surface area contributed by atoms with E-state index in [4.69, 9.17) is 4.74 Å². The van der Waals surface area contributed by atoms with Crippen molar-refractivity contribution in [1.29, 1.82) is 0 Å². The first-order valence-electron chi connectivity index (χ1n) is 7.17. The normalized spacial score (nSPS) is 10.1. The number of benzene rings is 2. The second-order valence-electron chi connectivity index (χ2n) is 4.98. The summed E-state index contributed by atoms with van der Waals surface area (Å²) in [5.74, 6) is 0.125. The third kappa shape index (κ3) is 5.35. The number of amides is 2. The van der Waals surface area contributed by atoms with E-state index in [2.05, 4.69) is 42.7 Å². The van der Waals surface area contributed by atoms with E-state index in [0.717, 1.165) is 20.3 Å². The van der Waals surface area contributed by atoms with Crippen LogP contribution in [0.4, 0.5) is 0 Å². The zero-order valence-corrected chi connectivity index (χ0v) is 16.1. The molecular weight excluding hydrogens is 440 g/mol. The van der Waals surface area contributed by atoms with Crippen molar-refractivity contribution in [3.8, 4) is 5.75 Å². The van der Waals surface area contributed by atoms with Crippen molar-refractivity contribution in [3.05, 3.63) is 62.5 Å². The van der Waals surface area contributed by atoms with Crippen molar-refractivity contribution in [1.82, 2.24) is 10.9 Å². The highest BCUT2D eigenvalue weighted by Gasteiger charge is 2.08. The second kappa shape index (κ2) is 8.84. The molecule has 0 bridgehead atoms. The molecule has 24 heavy (non-hydrogen) atoms. The van der Waals surface area contributed by atoms with Crippen LogP contribution in [0.5, 0.6) is 5.75 Å². The minimum absolute atomic E-state index is 0.257. The van der Waals surface area contributed by atoms with Crippen molar-refractivity contribution in [2.75, 3.05) is 7.11 Å². The first-order chi connectivity index (χ1) is 11.5. The number of hydrogen-bond donors (Lipinski definition) is 2. The van der Waals surface area contributed by atoms with E-state index in [0.29, 0.717) is 12.0 Å². The molecule has 0 heterocycles. The van der Waals surface area contributed by atoms with Crippen LogP contribution in [0.1, 0.15) is 22.3 Å². The Labute approximate surface area is 157 Å². The topological polar surface area (TPSA) is 67.4 Å². The maximum Gasteiger partial charge on any atom is 0.269 e. The molecule has 0 aliphatic heterocycles. The number of hydrazine groups is 1. The molecule has 0 spiro atoms. The number of methoxy groups -OCH3 is 1. The number of carbonyl (C=O) groups excluding carboxylic acids is 2. The molecule has 2 aromatic rings. The molecule has 0 saturated carbocycles. The molecule has 0 aliphatic rings. The minimum atomic E-state index is -0.358. The molecule has 0 radical (unpaired) electrons. The number of aryl methyl sites for hydroxylation is 1. The van der Waals surface area contributed by atoms with Crippen LogP contribution < -0.4 is 15.6 Å². The fraction of sp³-hybridized carbons (Fsp3) is 0.176. The van der Waals surface area contributed by atoms with Gasteiger partial charge < -0.3 is 4.74 Å². The predicted octanol–water partition coefficient (Wildman–Crippen LogP) is 3.61. The molecule has 0 fully saturated rings. The molecule has 0 aliphatic carbocycles. The Morgan fingerprint density at radius 1 is 1.04 bits per heavy atom. The Bertz CT molecular complexity index is 733. The van der Waals surface area contributed by atoms with Gasteiger partial charge in [-0.05, 0) is 64.3 Å². The summed E-state index contributed by atoms with van der Waals surface area (Å²) >= 11 is 6.71. The van der Waals surface area contributed by atoms with E-state index in [1.807, 2.05) is 18.2 Å². The Balaban J connectivity index is 1.80. The van der Waals surface area contributed by atoms with Gasteiger partial charge in [0.25, 0.3) is 5.91 Å². The van der Waals surface area contributed by atoms with Crippen LogP contribution >= 0.6 is 31.9 Å². The van der Waals surface area contributed by atoms with E-state index in [1.54, 1.807) is 31.4 Å². The minimum Gasteiger partial charge on any atom is -0.496 e. The van der Waals surface area contributed by atoms with Crippen molar-refractivity contribution in [3.63, 3.8) is 0 Å². The van der Waals surface area contributed by atoms with Crippen LogP contribution in [0.25, 0.3) is 0 Å². The third-order valence-corrected chi connectivity index (χ3v) is 4.43. The lowest BCUT2D eigenvalue weighted by atomic mass is 10.1. The lowest BCUT2D eigenvalue weighted by Crippen LogP contribution is -2.41. The Morgan fingerprint density at radius 2 is 1.75 bits per heavy atom. The molecule has 0 atom stereocenters. The first kappa shape index (κ1) is 18.5. The van der Waals surface area contributed by atoms with Gasteiger partial charge in [0.1, 0.15) is 5.75 Å². The quantitative estimate of drug-likeness (QED) is 0.676. The highest BCUT2D eigenvalue weighted by molar-refractivity contribution is 9.10. The van der Waals surface area contributed by atoms with Gasteiger partial charge >= 0.3 is 0 Å². The predicted molar refractivity (Wildman–Crippen MR) is 98.8 cm³/mol. The van der Waals surface area contributed by atoms with Crippen molar-refractivity contribution >= 4 is 43.7 Å². The van der Waals surface area contributed by atoms with E-state index in [1.165, 1.54) is 0 Å². The maximum absolute atomic E-state index is 11.9. The number of nitrogens with one attached hydrogen (secondary N) is 2. The number of carbonyl (C=O) groups is 2. The zero-order valence-electron chi connectivity index (χ0n) is 12.9. The van der Waals surface area contributed by atoms with E-state index < -0.39 is 0 Å². The van der Waals surface area contributed by atoms with E-state index in [-0.39, 0.29) is 18.2 Å². The molecule has 126 valence electrons. The molecule has 7 heteroatoms. The lowest BCUT2D eigenvalue weighted by Gasteiger charge is -2.08. The van der Waals surface area contributed by atoms with Crippen LogP contribution in [-0.4, -0.2) is 18.9 Å². The van der Waals surface area contributed by atoms with Crippen LogP contribution in [0.15, 0.2) is 51.4 Å². The maximum atomic E-state index is 11.9. The van der Waals surface area contributed by atoms with Gasteiger partial charge in [0.05, 0.1) is 11.6 Å². The SMILES string of the molecule is COc1ccc(CCC(=O)NNC(=O)c2ccc(Br)cc2)cc1Br. The van der Waals surface area contributed by atoms with Crippen molar-refractivity contribution < 1.29 is 14.3 Å². The zero-order chi connectivity index (χ0) is 17.5. The summed E-state index contributed by atoms with van der Waals surface area (Å²) in [6.45, 7) is 0. The molecule has 2 amide bonds. The summed E-state index contributed by atoms with van der Waals surface area (Å²) in [4.78, 5) is 23.7. The summed E-state index contributed by atoms with van der Waals surface area (Å²) in [6, 6.07) is 12.5. The fourth-order valence-electron chi connectivity index (χ4n) is 1.99.